The number of carbonyl (C=O) groups excluding carboxylic acids is 1. The summed E-state index contributed by atoms with van der Waals surface area (Å²) in [5.74, 6) is -0.412. The Morgan fingerprint density at radius 2 is 2.03 bits per heavy atom. The number of aryl methyl sites for hydroxylation is 2. The van der Waals surface area contributed by atoms with Crippen LogP contribution >= 0.6 is 0 Å². The van der Waals surface area contributed by atoms with Crippen molar-refractivity contribution in [3.05, 3.63) is 66.0 Å². The van der Waals surface area contributed by atoms with E-state index in [0.717, 1.165) is 29.4 Å². The average Bonchev–Trinajstić information content (AvgIpc) is 3.47. The monoisotopic (exact) mass is 492 g/mol. The number of sulfonamides is 1. The maximum atomic E-state index is 13.4. The largest absolute Gasteiger partial charge is 0.361 e. The van der Waals surface area contributed by atoms with Crippen LogP contribution < -0.4 is 5.32 Å². The lowest BCUT2D eigenvalue weighted by molar-refractivity contribution is -0.126. The number of H-pyrrole nitrogens is 1. The number of carbonyl (C=O) groups is 1. The van der Waals surface area contributed by atoms with E-state index >= 15 is 0 Å². The number of aromatic nitrogens is 2. The van der Waals surface area contributed by atoms with Crippen LogP contribution in [0.3, 0.4) is 0 Å². The molecule has 1 atom stereocenters. The van der Waals surface area contributed by atoms with Gasteiger partial charge in [-0.3, -0.25) is 4.79 Å². The summed E-state index contributed by atoms with van der Waals surface area (Å²) >= 11 is 0. The van der Waals surface area contributed by atoms with Crippen LogP contribution in [0.2, 0.25) is 0 Å². The smallest absolute Gasteiger partial charge is 0.243 e. The average molecular weight is 493 g/mol. The van der Waals surface area contributed by atoms with Gasteiger partial charge in [0.2, 0.25) is 15.9 Å². The molecule has 1 amide bonds. The molecule has 3 heterocycles. The molecule has 8 heteroatoms. The number of nitrogens with zero attached hydrogens (tertiary/aromatic N) is 2. The van der Waals surface area contributed by atoms with Gasteiger partial charge in [-0.25, -0.2) is 8.42 Å². The Bertz CT molecular complexity index is 1480. The molecule has 5 rings (SSSR count). The van der Waals surface area contributed by atoms with Crippen LogP contribution in [0.1, 0.15) is 30.9 Å². The van der Waals surface area contributed by atoms with Crippen molar-refractivity contribution < 1.29 is 13.2 Å². The lowest BCUT2D eigenvalue weighted by atomic mass is 9.98. The predicted molar refractivity (Wildman–Crippen MR) is 139 cm³/mol. The fourth-order valence-corrected chi connectivity index (χ4v) is 6.66. The van der Waals surface area contributed by atoms with E-state index in [-0.39, 0.29) is 23.3 Å². The van der Waals surface area contributed by atoms with Crippen LogP contribution in [0.4, 0.5) is 0 Å². The first-order valence-corrected chi connectivity index (χ1v) is 13.7. The lowest BCUT2D eigenvalue weighted by Crippen LogP contribution is -2.45. The molecular formula is C27H32N4O3S. The van der Waals surface area contributed by atoms with Crippen molar-refractivity contribution in [2.24, 2.45) is 5.92 Å². The molecule has 1 unspecified atom stereocenters. The standard InChI is InChI=1S/C27H32N4O3S/c1-3-30-14-11-20-16-23(7-9-26(20)30)35(33,34)31-13-4-5-22(18-31)27(32)28-12-10-21-17-29-25-8-6-19(2)15-24(21)25/h6-9,11,14-17,22,29H,3-5,10,12-13,18H2,1-2H3,(H,28,32). The third-order valence-electron chi connectivity index (χ3n) is 7.09. The van der Waals surface area contributed by atoms with Gasteiger partial charge in [-0.15, -0.1) is 0 Å². The van der Waals surface area contributed by atoms with E-state index in [4.69, 9.17) is 0 Å². The summed E-state index contributed by atoms with van der Waals surface area (Å²) in [5, 5.41) is 5.13. The van der Waals surface area contributed by atoms with E-state index in [2.05, 4.69) is 46.9 Å². The minimum Gasteiger partial charge on any atom is -0.361 e. The van der Waals surface area contributed by atoms with Gasteiger partial charge >= 0.3 is 0 Å². The predicted octanol–water partition coefficient (Wildman–Crippen LogP) is 4.21. The molecule has 0 aliphatic carbocycles. The van der Waals surface area contributed by atoms with Crippen molar-refractivity contribution >= 4 is 37.7 Å². The fourth-order valence-electron chi connectivity index (χ4n) is 5.10. The highest BCUT2D eigenvalue weighted by atomic mass is 32.2. The molecule has 35 heavy (non-hydrogen) atoms. The van der Waals surface area contributed by atoms with Crippen LogP contribution in [0.25, 0.3) is 21.8 Å². The minimum atomic E-state index is -3.66. The Morgan fingerprint density at radius 1 is 1.17 bits per heavy atom. The normalized spacial score (nSPS) is 17.3. The first-order valence-electron chi connectivity index (χ1n) is 12.3. The van der Waals surface area contributed by atoms with Crippen LogP contribution in [0, 0.1) is 12.8 Å². The Morgan fingerprint density at radius 3 is 2.86 bits per heavy atom. The Labute approximate surface area is 206 Å². The zero-order valence-corrected chi connectivity index (χ0v) is 21.1. The van der Waals surface area contributed by atoms with Gasteiger partial charge in [0.1, 0.15) is 0 Å². The first-order chi connectivity index (χ1) is 16.9. The van der Waals surface area contributed by atoms with Gasteiger partial charge in [-0.1, -0.05) is 11.6 Å². The zero-order chi connectivity index (χ0) is 24.6. The van der Waals surface area contributed by atoms with E-state index in [1.807, 2.05) is 24.5 Å². The van der Waals surface area contributed by atoms with Crippen molar-refractivity contribution in [2.75, 3.05) is 19.6 Å². The van der Waals surface area contributed by atoms with Gasteiger partial charge in [0.25, 0.3) is 0 Å². The lowest BCUT2D eigenvalue weighted by Gasteiger charge is -2.31. The molecule has 0 bridgehead atoms. The van der Waals surface area contributed by atoms with Gasteiger partial charge in [0, 0.05) is 60.4 Å². The van der Waals surface area contributed by atoms with Crippen LogP contribution in [-0.4, -0.2) is 47.8 Å². The van der Waals surface area contributed by atoms with E-state index in [9.17, 15) is 13.2 Å². The molecule has 2 aromatic carbocycles. The molecule has 7 nitrogen and oxygen atoms in total. The fraction of sp³-hybridized carbons (Fsp3) is 0.370. The topological polar surface area (TPSA) is 87.2 Å². The number of piperidine rings is 1. The van der Waals surface area contributed by atoms with Gasteiger partial charge in [-0.05, 0) is 75.1 Å². The Kier molecular flexibility index (Phi) is 6.42. The Balaban J connectivity index is 1.23. The van der Waals surface area contributed by atoms with Crippen LogP contribution in [0.5, 0.6) is 0 Å². The van der Waals surface area contributed by atoms with E-state index < -0.39 is 10.0 Å². The maximum absolute atomic E-state index is 13.4. The number of benzene rings is 2. The van der Waals surface area contributed by atoms with Crippen molar-refractivity contribution in [1.29, 1.82) is 0 Å². The highest BCUT2D eigenvalue weighted by Crippen LogP contribution is 2.27. The number of rotatable bonds is 7. The molecular weight excluding hydrogens is 460 g/mol. The van der Waals surface area contributed by atoms with Crippen molar-refractivity contribution in [3.8, 4) is 0 Å². The van der Waals surface area contributed by atoms with E-state index in [1.54, 1.807) is 12.1 Å². The summed E-state index contributed by atoms with van der Waals surface area (Å²) in [7, 11) is -3.66. The van der Waals surface area contributed by atoms with Gasteiger partial charge < -0.3 is 14.9 Å². The molecule has 184 valence electrons. The molecule has 0 saturated carbocycles. The highest BCUT2D eigenvalue weighted by molar-refractivity contribution is 7.89. The highest BCUT2D eigenvalue weighted by Gasteiger charge is 2.33. The molecule has 4 aromatic rings. The number of fused-ring (bicyclic) bond motifs is 2. The minimum absolute atomic E-state index is 0.0728. The maximum Gasteiger partial charge on any atom is 0.243 e. The second-order valence-corrected chi connectivity index (χ2v) is 11.4. The van der Waals surface area contributed by atoms with Crippen molar-refractivity contribution in [2.45, 2.75) is 44.6 Å². The molecule has 0 spiro atoms. The third kappa shape index (κ3) is 4.60. The molecule has 1 aliphatic heterocycles. The van der Waals surface area contributed by atoms with E-state index in [0.29, 0.717) is 25.9 Å². The Hall–Kier alpha value is -3.10. The summed E-state index contributed by atoms with van der Waals surface area (Å²) in [6, 6.07) is 13.5. The summed E-state index contributed by atoms with van der Waals surface area (Å²) in [5.41, 5.74) is 4.49. The second kappa shape index (κ2) is 9.51. The molecule has 1 fully saturated rings. The molecule has 0 radical (unpaired) electrons. The zero-order valence-electron chi connectivity index (χ0n) is 20.3. The van der Waals surface area contributed by atoms with Gasteiger partial charge in [0.05, 0.1) is 10.8 Å². The third-order valence-corrected chi connectivity index (χ3v) is 8.95. The van der Waals surface area contributed by atoms with Crippen molar-refractivity contribution in [1.82, 2.24) is 19.2 Å². The number of nitrogens with one attached hydrogen (secondary N) is 2. The van der Waals surface area contributed by atoms with Crippen LogP contribution in [-0.2, 0) is 27.8 Å². The first kappa shape index (κ1) is 23.6. The second-order valence-electron chi connectivity index (χ2n) is 9.43. The van der Waals surface area contributed by atoms with E-state index in [1.165, 1.54) is 20.8 Å². The molecule has 1 saturated heterocycles. The van der Waals surface area contributed by atoms with Crippen molar-refractivity contribution in [3.63, 3.8) is 0 Å². The quantitative estimate of drug-likeness (QED) is 0.405. The number of aromatic amines is 1. The number of hydrogen-bond donors (Lipinski definition) is 2. The SMILES string of the molecule is CCn1ccc2cc(S(=O)(=O)N3CCCC(C(=O)NCCc4c[nH]c5ccc(C)cc45)C3)ccc21. The summed E-state index contributed by atoms with van der Waals surface area (Å²) in [6.45, 7) is 6.14. The van der Waals surface area contributed by atoms with Gasteiger partial charge in [-0.2, -0.15) is 4.31 Å². The molecule has 2 N–H and O–H groups in total. The summed E-state index contributed by atoms with van der Waals surface area (Å²) in [4.78, 5) is 16.5. The van der Waals surface area contributed by atoms with Crippen LogP contribution in [0.15, 0.2) is 59.8 Å². The number of hydrogen-bond acceptors (Lipinski definition) is 3. The van der Waals surface area contributed by atoms with Gasteiger partial charge in [0.15, 0.2) is 0 Å². The molecule has 2 aromatic heterocycles. The summed E-state index contributed by atoms with van der Waals surface area (Å²) < 4.78 is 30.3. The summed E-state index contributed by atoms with van der Waals surface area (Å²) in [6.07, 6.45) is 6.06. The molecule has 1 aliphatic rings. The number of amides is 1.